The summed E-state index contributed by atoms with van der Waals surface area (Å²) in [6.07, 6.45) is 0.897. The fourth-order valence-corrected chi connectivity index (χ4v) is 2.94. The van der Waals surface area contributed by atoms with Crippen molar-refractivity contribution >= 4 is 11.6 Å². The van der Waals surface area contributed by atoms with Crippen LogP contribution in [0, 0.1) is 12.7 Å². The first kappa shape index (κ1) is 16.4. The molecule has 126 valence electrons. The molecule has 0 aliphatic carbocycles. The van der Waals surface area contributed by atoms with Crippen molar-refractivity contribution in [2.45, 2.75) is 32.4 Å². The van der Waals surface area contributed by atoms with E-state index in [1.54, 1.807) is 23.7 Å². The van der Waals surface area contributed by atoms with Gasteiger partial charge in [-0.05, 0) is 43.2 Å². The number of aromatic nitrogens is 1. The lowest BCUT2D eigenvalue weighted by Gasteiger charge is -2.19. The highest BCUT2D eigenvalue weighted by Gasteiger charge is 2.22. The maximum atomic E-state index is 13.6. The van der Waals surface area contributed by atoms with Crippen molar-refractivity contribution in [3.63, 3.8) is 0 Å². The van der Waals surface area contributed by atoms with Crippen LogP contribution in [0.3, 0.4) is 0 Å². The molecule has 0 fully saturated rings. The fourth-order valence-electron chi connectivity index (χ4n) is 2.94. The molecule has 3 rings (SSSR count). The predicted octanol–water partition coefficient (Wildman–Crippen LogP) is 2.40. The van der Waals surface area contributed by atoms with Crippen LogP contribution in [0.5, 0.6) is 0 Å². The zero-order valence-corrected chi connectivity index (χ0v) is 13.7. The number of aryl methyl sites for hydroxylation is 1. The molecule has 1 aliphatic rings. The van der Waals surface area contributed by atoms with Crippen LogP contribution in [-0.4, -0.2) is 10.5 Å². The third-order valence-electron chi connectivity index (χ3n) is 4.50. The van der Waals surface area contributed by atoms with Gasteiger partial charge < -0.3 is 15.2 Å². The minimum absolute atomic E-state index is 0.0511. The first-order valence-electron chi connectivity index (χ1n) is 7.94. The van der Waals surface area contributed by atoms with Gasteiger partial charge in [0.2, 0.25) is 5.91 Å². The first-order valence-corrected chi connectivity index (χ1v) is 7.94. The number of pyridine rings is 1. The minimum atomic E-state index is -0.344. The van der Waals surface area contributed by atoms with Crippen LogP contribution >= 0.6 is 0 Å². The molecule has 0 bridgehead atoms. The number of fused-ring (bicyclic) bond motifs is 1. The molecule has 1 unspecified atom stereocenters. The van der Waals surface area contributed by atoms with E-state index in [-0.39, 0.29) is 23.3 Å². The quantitative estimate of drug-likeness (QED) is 0.909. The summed E-state index contributed by atoms with van der Waals surface area (Å²) in [6, 6.07) is 7.85. The van der Waals surface area contributed by atoms with E-state index in [1.165, 1.54) is 12.1 Å². The Morgan fingerprint density at radius 1 is 1.29 bits per heavy atom. The van der Waals surface area contributed by atoms with E-state index < -0.39 is 0 Å². The number of benzene rings is 1. The second-order valence-electron chi connectivity index (χ2n) is 6.12. The van der Waals surface area contributed by atoms with Crippen LogP contribution in [0.25, 0.3) is 0 Å². The summed E-state index contributed by atoms with van der Waals surface area (Å²) < 4.78 is 15.2. The lowest BCUT2D eigenvalue weighted by Crippen LogP contribution is -2.28. The van der Waals surface area contributed by atoms with Crippen molar-refractivity contribution in [2.24, 2.45) is 7.05 Å². The summed E-state index contributed by atoms with van der Waals surface area (Å²) in [7, 11) is 1.74. The molecule has 0 saturated carbocycles. The van der Waals surface area contributed by atoms with Crippen LogP contribution in [0.2, 0.25) is 0 Å². The second kappa shape index (κ2) is 6.57. The van der Waals surface area contributed by atoms with E-state index >= 15 is 0 Å². The van der Waals surface area contributed by atoms with Gasteiger partial charge in [0.05, 0.1) is 0 Å². The number of hydrogen-bond acceptors (Lipinski definition) is 3. The molecule has 0 radical (unpaired) electrons. The standard InChI is InChI=1S/C18H20FN3O2/c1-11-3-4-12(18(24)22(11)2)10-20-15-7-8-17(23)21-16-6-5-13(19)9-14(15)16/h3-6,9,15,20H,7-8,10H2,1-2H3,(H,21,23). The Kier molecular flexibility index (Phi) is 4.49. The van der Waals surface area contributed by atoms with Gasteiger partial charge in [0.1, 0.15) is 5.82 Å². The molecular formula is C18H20FN3O2. The van der Waals surface area contributed by atoms with E-state index in [2.05, 4.69) is 10.6 Å². The summed E-state index contributed by atoms with van der Waals surface area (Å²) in [5, 5.41) is 6.09. The topological polar surface area (TPSA) is 63.1 Å². The Hall–Kier alpha value is -2.47. The lowest BCUT2D eigenvalue weighted by atomic mass is 10.0. The van der Waals surface area contributed by atoms with E-state index in [9.17, 15) is 14.0 Å². The van der Waals surface area contributed by atoms with Crippen molar-refractivity contribution in [3.05, 3.63) is 63.3 Å². The highest BCUT2D eigenvalue weighted by Crippen LogP contribution is 2.30. The van der Waals surface area contributed by atoms with Crippen LogP contribution < -0.4 is 16.2 Å². The maximum absolute atomic E-state index is 13.6. The smallest absolute Gasteiger partial charge is 0.254 e. The van der Waals surface area contributed by atoms with E-state index in [1.807, 2.05) is 13.0 Å². The van der Waals surface area contributed by atoms with Gasteiger partial charge in [0, 0.05) is 43.0 Å². The Labute approximate surface area is 139 Å². The van der Waals surface area contributed by atoms with Crippen molar-refractivity contribution in [2.75, 3.05) is 5.32 Å². The van der Waals surface area contributed by atoms with E-state index in [0.29, 0.717) is 36.2 Å². The van der Waals surface area contributed by atoms with Gasteiger partial charge in [0.25, 0.3) is 5.56 Å². The number of halogens is 1. The molecule has 5 nitrogen and oxygen atoms in total. The van der Waals surface area contributed by atoms with Gasteiger partial charge >= 0.3 is 0 Å². The van der Waals surface area contributed by atoms with Gasteiger partial charge in [0.15, 0.2) is 0 Å². The normalized spacial score (nSPS) is 17.1. The molecule has 0 spiro atoms. The number of carbonyl (C=O) groups is 1. The summed E-state index contributed by atoms with van der Waals surface area (Å²) >= 11 is 0. The van der Waals surface area contributed by atoms with Gasteiger partial charge in [-0.25, -0.2) is 4.39 Å². The molecule has 0 saturated heterocycles. The second-order valence-corrected chi connectivity index (χ2v) is 6.12. The average Bonchev–Trinajstić information content (AvgIpc) is 2.71. The van der Waals surface area contributed by atoms with Crippen molar-refractivity contribution in [1.82, 2.24) is 9.88 Å². The highest BCUT2D eigenvalue weighted by molar-refractivity contribution is 5.92. The Morgan fingerprint density at radius 3 is 2.88 bits per heavy atom. The molecule has 6 heteroatoms. The number of nitrogens with zero attached hydrogens (tertiary/aromatic N) is 1. The van der Waals surface area contributed by atoms with Crippen LogP contribution in [-0.2, 0) is 18.4 Å². The van der Waals surface area contributed by atoms with Crippen LogP contribution in [0.4, 0.5) is 10.1 Å². The Balaban J connectivity index is 1.85. The maximum Gasteiger partial charge on any atom is 0.254 e. The van der Waals surface area contributed by atoms with Crippen molar-refractivity contribution in [3.8, 4) is 0 Å². The van der Waals surface area contributed by atoms with E-state index in [4.69, 9.17) is 0 Å². The van der Waals surface area contributed by atoms with Crippen molar-refractivity contribution < 1.29 is 9.18 Å². The third kappa shape index (κ3) is 3.23. The zero-order chi connectivity index (χ0) is 17.3. The molecule has 2 N–H and O–H groups in total. The number of rotatable bonds is 3. The Bertz CT molecular complexity index is 845. The van der Waals surface area contributed by atoms with Gasteiger partial charge in [-0.3, -0.25) is 9.59 Å². The number of amides is 1. The monoisotopic (exact) mass is 329 g/mol. The predicted molar refractivity (Wildman–Crippen MR) is 90.3 cm³/mol. The number of carbonyl (C=O) groups excluding carboxylic acids is 1. The van der Waals surface area contributed by atoms with Crippen LogP contribution in [0.15, 0.2) is 35.1 Å². The summed E-state index contributed by atoms with van der Waals surface area (Å²) in [6.45, 7) is 2.24. The molecule has 24 heavy (non-hydrogen) atoms. The molecule has 1 amide bonds. The van der Waals surface area contributed by atoms with Gasteiger partial charge in [-0.1, -0.05) is 6.07 Å². The summed E-state index contributed by atoms with van der Waals surface area (Å²) in [5.41, 5.74) is 2.81. The first-order chi connectivity index (χ1) is 11.5. The molecule has 1 aromatic heterocycles. The van der Waals surface area contributed by atoms with Gasteiger partial charge in [-0.15, -0.1) is 0 Å². The molecule has 1 aliphatic heterocycles. The highest BCUT2D eigenvalue weighted by atomic mass is 19.1. The minimum Gasteiger partial charge on any atom is -0.326 e. The molecule has 2 aromatic rings. The third-order valence-corrected chi connectivity index (χ3v) is 4.50. The number of anilines is 1. The lowest BCUT2D eigenvalue weighted by molar-refractivity contribution is -0.116. The average molecular weight is 329 g/mol. The largest absolute Gasteiger partial charge is 0.326 e. The summed E-state index contributed by atoms with van der Waals surface area (Å²) in [5.74, 6) is -0.429. The zero-order valence-electron chi connectivity index (χ0n) is 13.7. The fraction of sp³-hybridized carbons (Fsp3) is 0.333. The molecule has 1 atom stereocenters. The number of nitrogens with one attached hydrogen (secondary N) is 2. The van der Waals surface area contributed by atoms with E-state index in [0.717, 1.165) is 5.69 Å². The Morgan fingerprint density at radius 2 is 2.08 bits per heavy atom. The van der Waals surface area contributed by atoms with Crippen LogP contribution in [0.1, 0.15) is 35.7 Å². The molecular weight excluding hydrogens is 309 g/mol. The van der Waals surface area contributed by atoms with Gasteiger partial charge in [-0.2, -0.15) is 0 Å². The molecule has 2 heterocycles. The molecule has 1 aromatic carbocycles. The number of hydrogen-bond donors (Lipinski definition) is 2. The van der Waals surface area contributed by atoms with Crippen molar-refractivity contribution in [1.29, 1.82) is 0 Å². The SMILES string of the molecule is Cc1ccc(CNC2CCC(=O)Nc3ccc(F)cc32)c(=O)n1C. The summed E-state index contributed by atoms with van der Waals surface area (Å²) in [4.78, 5) is 24.1.